The van der Waals surface area contributed by atoms with Crippen molar-refractivity contribution in [3.05, 3.63) is 0 Å². The van der Waals surface area contributed by atoms with E-state index >= 15 is 0 Å². The molecule has 2 atom stereocenters. The average molecular weight is 906 g/mol. The molecule has 0 aromatic rings. The standard InChI is InChI=1S/C58H112O6/c1-6-8-9-10-11-12-13-16-23-28-33-38-43-48-56(59)62-51-55(64-58(61)50-45-40-35-30-25-20-19-21-26-31-36-41-46-53(3)4)52-63-57(60)49-44-39-34-29-24-18-15-14-17-22-27-32-37-42-47-54(5)7-2/h53-55H,6-52H2,1-5H3/t54?,55-/m1/s1. The number of carbonyl (C=O) groups excluding carboxylic acids is 3. The Bertz CT molecular complexity index is 980. The predicted octanol–water partition coefficient (Wildman–Crippen LogP) is 18.9. The summed E-state index contributed by atoms with van der Waals surface area (Å²) >= 11 is 0. The van der Waals surface area contributed by atoms with Crippen molar-refractivity contribution in [2.75, 3.05) is 13.2 Å². The van der Waals surface area contributed by atoms with E-state index in [0.29, 0.717) is 19.3 Å². The quantitative estimate of drug-likeness (QED) is 0.0344. The zero-order valence-electron chi connectivity index (χ0n) is 43.9. The van der Waals surface area contributed by atoms with Crippen LogP contribution in [0.5, 0.6) is 0 Å². The maximum atomic E-state index is 12.8. The van der Waals surface area contributed by atoms with Crippen molar-refractivity contribution in [1.82, 2.24) is 0 Å². The van der Waals surface area contributed by atoms with E-state index in [-0.39, 0.29) is 31.1 Å². The Labute approximate surface area is 399 Å². The Hall–Kier alpha value is -1.59. The van der Waals surface area contributed by atoms with Crippen molar-refractivity contribution in [2.45, 2.75) is 330 Å². The summed E-state index contributed by atoms with van der Waals surface area (Å²) in [5.41, 5.74) is 0. The second kappa shape index (κ2) is 50.8. The SMILES string of the molecule is CCCCCCCCCCCCCCCC(=O)OC[C@H](COC(=O)CCCCCCCCCCCCCCCCC(C)CC)OC(=O)CCCCCCCCCCCCCCC(C)C. The van der Waals surface area contributed by atoms with Gasteiger partial charge in [-0.15, -0.1) is 0 Å². The van der Waals surface area contributed by atoms with Crippen LogP contribution in [0.1, 0.15) is 324 Å². The molecular formula is C58H112O6. The molecule has 0 radical (unpaired) electrons. The molecule has 0 saturated heterocycles. The van der Waals surface area contributed by atoms with Crippen LogP contribution in [0.3, 0.4) is 0 Å². The van der Waals surface area contributed by atoms with Gasteiger partial charge in [-0.1, -0.05) is 285 Å². The highest BCUT2D eigenvalue weighted by Gasteiger charge is 2.19. The first-order valence-electron chi connectivity index (χ1n) is 28.8. The van der Waals surface area contributed by atoms with Gasteiger partial charge in [0.2, 0.25) is 0 Å². The van der Waals surface area contributed by atoms with E-state index in [1.807, 2.05) is 0 Å². The van der Waals surface area contributed by atoms with Gasteiger partial charge in [0.1, 0.15) is 13.2 Å². The third-order valence-electron chi connectivity index (χ3n) is 13.6. The molecule has 0 amide bonds. The number of carbonyl (C=O) groups is 3. The average Bonchev–Trinajstić information content (AvgIpc) is 3.28. The van der Waals surface area contributed by atoms with Gasteiger partial charge >= 0.3 is 17.9 Å². The first kappa shape index (κ1) is 62.4. The van der Waals surface area contributed by atoms with Gasteiger partial charge < -0.3 is 14.2 Å². The number of esters is 3. The summed E-state index contributed by atoms with van der Waals surface area (Å²) in [6.07, 6.45) is 53.7. The van der Waals surface area contributed by atoms with E-state index < -0.39 is 6.10 Å². The molecule has 0 aromatic carbocycles. The van der Waals surface area contributed by atoms with Gasteiger partial charge in [-0.25, -0.2) is 0 Å². The zero-order chi connectivity index (χ0) is 46.8. The molecular weight excluding hydrogens is 793 g/mol. The van der Waals surface area contributed by atoms with Crippen LogP contribution in [0.2, 0.25) is 0 Å². The van der Waals surface area contributed by atoms with Crippen LogP contribution in [0.25, 0.3) is 0 Å². The van der Waals surface area contributed by atoms with E-state index in [0.717, 1.165) is 69.6 Å². The first-order chi connectivity index (χ1) is 31.3. The topological polar surface area (TPSA) is 78.9 Å². The normalized spacial score (nSPS) is 12.5. The summed E-state index contributed by atoms with van der Waals surface area (Å²) in [5, 5.41) is 0. The summed E-state index contributed by atoms with van der Waals surface area (Å²) in [5.74, 6) is 0.888. The van der Waals surface area contributed by atoms with Crippen LogP contribution in [0.15, 0.2) is 0 Å². The van der Waals surface area contributed by atoms with E-state index in [4.69, 9.17) is 14.2 Å². The molecule has 0 aliphatic rings. The number of unbranched alkanes of at least 4 members (excludes halogenated alkanes) is 36. The fourth-order valence-corrected chi connectivity index (χ4v) is 8.84. The molecule has 0 aromatic heterocycles. The van der Waals surface area contributed by atoms with E-state index in [9.17, 15) is 14.4 Å². The van der Waals surface area contributed by atoms with Crippen molar-refractivity contribution < 1.29 is 28.6 Å². The van der Waals surface area contributed by atoms with Crippen molar-refractivity contribution in [2.24, 2.45) is 11.8 Å². The number of ether oxygens (including phenoxy) is 3. The zero-order valence-corrected chi connectivity index (χ0v) is 43.9. The van der Waals surface area contributed by atoms with Crippen molar-refractivity contribution in [3.8, 4) is 0 Å². The van der Waals surface area contributed by atoms with Crippen LogP contribution in [0.4, 0.5) is 0 Å². The third kappa shape index (κ3) is 49.8. The highest BCUT2D eigenvalue weighted by molar-refractivity contribution is 5.71. The molecule has 64 heavy (non-hydrogen) atoms. The summed E-state index contributed by atoms with van der Waals surface area (Å²) in [4.78, 5) is 38.1. The van der Waals surface area contributed by atoms with Gasteiger partial charge in [-0.3, -0.25) is 14.4 Å². The Kier molecular flexibility index (Phi) is 49.6. The van der Waals surface area contributed by atoms with Crippen LogP contribution in [-0.4, -0.2) is 37.2 Å². The summed E-state index contributed by atoms with van der Waals surface area (Å²) in [6.45, 7) is 11.4. The molecule has 0 saturated carbocycles. The summed E-state index contributed by atoms with van der Waals surface area (Å²) < 4.78 is 16.9. The molecule has 6 heteroatoms. The smallest absolute Gasteiger partial charge is 0.306 e. The summed E-state index contributed by atoms with van der Waals surface area (Å²) in [6, 6.07) is 0. The number of rotatable bonds is 52. The monoisotopic (exact) mass is 905 g/mol. The van der Waals surface area contributed by atoms with Crippen molar-refractivity contribution in [1.29, 1.82) is 0 Å². The first-order valence-corrected chi connectivity index (χ1v) is 28.8. The molecule has 0 heterocycles. The molecule has 380 valence electrons. The van der Waals surface area contributed by atoms with Gasteiger partial charge in [0, 0.05) is 19.3 Å². The minimum Gasteiger partial charge on any atom is -0.462 e. The largest absolute Gasteiger partial charge is 0.462 e. The second-order valence-electron chi connectivity index (χ2n) is 20.6. The lowest BCUT2D eigenvalue weighted by Gasteiger charge is -2.18. The number of hydrogen-bond acceptors (Lipinski definition) is 6. The lowest BCUT2D eigenvalue weighted by Crippen LogP contribution is -2.30. The van der Waals surface area contributed by atoms with Crippen molar-refractivity contribution >= 4 is 17.9 Å². The Morgan fingerprint density at radius 3 is 0.891 bits per heavy atom. The lowest BCUT2D eigenvalue weighted by molar-refractivity contribution is -0.167. The minimum absolute atomic E-state index is 0.0627. The molecule has 0 rings (SSSR count). The van der Waals surface area contributed by atoms with E-state index in [1.54, 1.807) is 0 Å². The van der Waals surface area contributed by atoms with E-state index in [1.165, 1.54) is 212 Å². The lowest BCUT2D eigenvalue weighted by atomic mass is 9.99. The van der Waals surface area contributed by atoms with Crippen LogP contribution >= 0.6 is 0 Å². The number of hydrogen-bond donors (Lipinski definition) is 0. The van der Waals surface area contributed by atoms with Crippen LogP contribution in [-0.2, 0) is 28.6 Å². The molecule has 1 unspecified atom stereocenters. The molecule has 0 spiro atoms. The van der Waals surface area contributed by atoms with Gasteiger partial charge in [0.25, 0.3) is 0 Å². The van der Waals surface area contributed by atoms with E-state index in [2.05, 4.69) is 34.6 Å². The minimum atomic E-state index is -0.762. The Morgan fingerprint density at radius 2 is 0.594 bits per heavy atom. The predicted molar refractivity (Wildman–Crippen MR) is 275 cm³/mol. The van der Waals surface area contributed by atoms with Crippen molar-refractivity contribution in [3.63, 3.8) is 0 Å². The van der Waals surface area contributed by atoms with Gasteiger partial charge in [-0.2, -0.15) is 0 Å². The maximum absolute atomic E-state index is 12.8. The Morgan fingerprint density at radius 1 is 0.328 bits per heavy atom. The Balaban J connectivity index is 4.29. The molecule has 0 fully saturated rings. The molecule has 0 bridgehead atoms. The fourth-order valence-electron chi connectivity index (χ4n) is 8.84. The fraction of sp³-hybridized carbons (Fsp3) is 0.948. The highest BCUT2D eigenvalue weighted by Crippen LogP contribution is 2.18. The molecule has 0 aliphatic heterocycles. The van der Waals surface area contributed by atoms with Crippen LogP contribution in [0, 0.1) is 11.8 Å². The van der Waals surface area contributed by atoms with Gasteiger partial charge in [0.15, 0.2) is 6.10 Å². The van der Waals surface area contributed by atoms with Crippen LogP contribution < -0.4 is 0 Å². The maximum Gasteiger partial charge on any atom is 0.306 e. The van der Waals surface area contributed by atoms with Gasteiger partial charge in [0.05, 0.1) is 0 Å². The third-order valence-corrected chi connectivity index (χ3v) is 13.6. The van der Waals surface area contributed by atoms with Gasteiger partial charge in [-0.05, 0) is 31.1 Å². The highest BCUT2D eigenvalue weighted by atomic mass is 16.6. The summed E-state index contributed by atoms with van der Waals surface area (Å²) in [7, 11) is 0. The second-order valence-corrected chi connectivity index (χ2v) is 20.6. The molecule has 6 nitrogen and oxygen atoms in total. The molecule has 0 N–H and O–H groups in total. The molecule has 0 aliphatic carbocycles.